The molecule has 1 amide bonds. The van der Waals surface area contributed by atoms with Crippen molar-refractivity contribution >= 4 is 34.1 Å². The van der Waals surface area contributed by atoms with Crippen molar-refractivity contribution in [2.24, 2.45) is 5.92 Å². The molecule has 1 saturated heterocycles. The molecule has 1 aromatic carbocycles. The number of halogens is 1. The van der Waals surface area contributed by atoms with Crippen LogP contribution in [0, 0.1) is 5.92 Å². The summed E-state index contributed by atoms with van der Waals surface area (Å²) in [5, 5.41) is 5.96. The molecule has 2 N–H and O–H groups in total. The molecular weight excluding hydrogens is 390 g/mol. The van der Waals surface area contributed by atoms with Crippen LogP contribution in [0.15, 0.2) is 29.2 Å². The summed E-state index contributed by atoms with van der Waals surface area (Å²) >= 11 is 0. The number of ketones is 1. The maximum absolute atomic E-state index is 12.7. The fourth-order valence-corrected chi connectivity index (χ4v) is 4.34. The number of carbonyl (C=O) groups is 2. The van der Waals surface area contributed by atoms with Gasteiger partial charge in [0, 0.05) is 37.2 Å². The third-order valence-electron chi connectivity index (χ3n) is 4.80. The number of benzene rings is 1. The molecule has 1 atom stereocenters. The molecule has 0 bridgehead atoms. The number of sulfonamides is 1. The molecule has 1 heterocycles. The van der Waals surface area contributed by atoms with Gasteiger partial charge in [0.25, 0.3) is 0 Å². The van der Waals surface area contributed by atoms with Crippen LogP contribution < -0.4 is 10.6 Å². The molecule has 0 spiro atoms. The van der Waals surface area contributed by atoms with Gasteiger partial charge in [0.05, 0.1) is 4.90 Å². The summed E-state index contributed by atoms with van der Waals surface area (Å²) < 4.78 is 26.9. The summed E-state index contributed by atoms with van der Waals surface area (Å²) in [7, 11) is -1.77. The summed E-state index contributed by atoms with van der Waals surface area (Å²) in [5.74, 6) is -0.283. The van der Waals surface area contributed by atoms with Crippen molar-refractivity contribution in [1.82, 2.24) is 14.9 Å². The fourth-order valence-electron chi connectivity index (χ4n) is 2.87. The van der Waals surface area contributed by atoms with Crippen molar-refractivity contribution < 1.29 is 18.0 Å². The Labute approximate surface area is 167 Å². The van der Waals surface area contributed by atoms with E-state index in [-0.39, 0.29) is 41.0 Å². The maximum Gasteiger partial charge on any atom is 0.243 e. The van der Waals surface area contributed by atoms with E-state index in [0.29, 0.717) is 38.0 Å². The number of rotatable bonds is 7. The number of likely N-dealkylation sites (N-methyl/N-ethyl adjacent to an activating group) is 1. The molecule has 152 valence electrons. The molecule has 0 aliphatic carbocycles. The second-order valence-electron chi connectivity index (χ2n) is 6.69. The Kier molecular flexibility index (Phi) is 8.87. The number of nitrogens with one attached hydrogen (secondary N) is 2. The van der Waals surface area contributed by atoms with Crippen LogP contribution in [0.2, 0.25) is 0 Å². The van der Waals surface area contributed by atoms with E-state index in [2.05, 4.69) is 10.6 Å². The van der Waals surface area contributed by atoms with Gasteiger partial charge in [-0.15, -0.1) is 12.4 Å². The molecule has 7 nitrogen and oxygen atoms in total. The molecule has 0 radical (unpaired) electrons. The third-order valence-corrected chi connectivity index (χ3v) is 6.71. The largest absolute Gasteiger partial charge is 0.354 e. The summed E-state index contributed by atoms with van der Waals surface area (Å²) in [6, 6.07) is 6.17. The monoisotopic (exact) mass is 417 g/mol. The van der Waals surface area contributed by atoms with E-state index in [1.54, 1.807) is 0 Å². The lowest BCUT2D eigenvalue weighted by atomic mass is 9.97. The Balaban J connectivity index is 0.00000364. The Morgan fingerprint density at radius 1 is 1.19 bits per heavy atom. The van der Waals surface area contributed by atoms with Gasteiger partial charge in [0.15, 0.2) is 5.78 Å². The molecular formula is C18H28ClN3O4S. The van der Waals surface area contributed by atoms with E-state index in [4.69, 9.17) is 0 Å². The second kappa shape index (κ2) is 10.2. The highest BCUT2D eigenvalue weighted by Crippen LogP contribution is 2.24. The number of Topliss-reactive ketones (excluding diaryl/α,β-unsaturated/α-hetero) is 1. The normalized spacial score (nSPS) is 17.0. The van der Waals surface area contributed by atoms with Crippen LogP contribution in [0.4, 0.5) is 0 Å². The lowest BCUT2D eigenvalue weighted by molar-refractivity contribution is -0.126. The van der Waals surface area contributed by atoms with Crippen LogP contribution in [0.25, 0.3) is 0 Å². The Hall–Kier alpha value is -1.48. The minimum atomic E-state index is -3.60. The molecule has 1 fully saturated rings. The molecule has 1 aliphatic heterocycles. The number of carbonyl (C=O) groups excluding carboxylic acids is 2. The predicted octanol–water partition coefficient (Wildman–Crippen LogP) is 1.44. The summed E-state index contributed by atoms with van der Waals surface area (Å²) in [4.78, 5) is 23.7. The van der Waals surface area contributed by atoms with Gasteiger partial charge in [0.2, 0.25) is 15.9 Å². The van der Waals surface area contributed by atoms with Crippen molar-refractivity contribution in [3.05, 3.63) is 29.8 Å². The molecule has 9 heteroatoms. The number of amides is 1. The van der Waals surface area contributed by atoms with E-state index >= 15 is 0 Å². The van der Waals surface area contributed by atoms with Crippen molar-refractivity contribution in [1.29, 1.82) is 0 Å². The fraction of sp³-hybridized carbons (Fsp3) is 0.556. The molecule has 2 rings (SSSR count). The summed E-state index contributed by atoms with van der Waals surface area (Å²) in [5.41, 5.74) is 0.482. The third kappa shape index (κ3) is 6.00. The first-order valence-corrected chi connectivity index (χ1v) is 10.3. The van der Waals surface area contributed by atoms with Gasteiger partial charge in [-0.3, -0.25) is 9.59 Å². The van der Waals surface area contributed by atoms with Gasteiger partial charge < -0.3 is 10.6 Å². The SMILES string of the molecule is CNC(C)CNC(=O)C1CCN(S(=O)(=O)c2ccc(C(C)=O)cc2)CC1.Cl. The smallest absolute Gasteiger partial charge is 0.243 e. The molecule has 1 aromatic rings. The highest BCUT2D eigenvalue weighted by atomic mass is 35.5. The first-order valence-electron chi connectivity index (χ1n) is 8.82. The molecule has 27 heavy (non-hydrogen) atoms. The average Bonchev–Trinajstić information content (AvgIpc) is 2.65. The topological polar surface area (TPSA) is 95.6 Å². The zero-order valence-corrected chi connectivity index (χ0v) is 17.5. The standard InChI is InChI=1S/C18H27N3O4S.ClH/c1-13(19-3)12-20-18(23)16-8-10-21(11-9-16)26(24,25)17-6-4-15(5-7-17)14(2)22;/h4-7,13,16,19H,8-12H2,1-3H3,(H,20,23);1H. The number of hydrogen-bond acceptors (Lipinski definition) is 5. The molecule has 0 saturated carbocycles. The van der Waals surface area contributed by atoms with Crippen molar-refractivity contribution in [3.8, 4) is 0 Å². The van der Waals surface area contributed by atoms with Crippen molar-refractivity contribution in [2.45, 2.75) is 37.6 Å². The predicted molar refractivity (Wildman–Crippen MR) is 107 cm³/mol. The quantitative estimate of drug-likeness (QED) is 0.654. The van der Waals surface area contributed by atoms with Gasteiger partial charge in [-0.2, -0.15) is 4.31 Å². The second-order valence-corrected chi connectivity index (χ2v) is 8.63. The van der Waals surface area contributed by atoms with Gasteiger partial charge in [-0.1, -0.05) is 12.1 Å². The van der Waals surface area contributed by atoms with Crippen molar-refractivity contribution in [3.63, 3.8) is 0 Å². The van der Waals surface area contributed by atoms with E-state index in [1.807, 2.05) is 14.0 Å². The van der Waals surface area contributed by atoms with Crippen LogP contribution in [0.5, 0.6) is 0 Å². The first kappa shape index (κ1) is 23.6. The van der Waals surface area contributed by atoms with E-state index < -0.39 is 10.0 Å². The minimum absolute atomic E-state index is 0. The van der Waals surface area contributed by atoms with Crippen LogP contribution in [-0.4, -0.2) is 57.1 Å². The zero-order chi connectivity index (χ0) is 19.3. The molecule has 1 unspecified atom stereocenters. The minimum Gasteiger partial charge on any atom is -0.354 e. The zero-order valence-electron chi connectivity index (χ0n) is 15.9. The molecule has 1 aliphatic rings. The number of nitrogens with zero attached hydrogens (tertiary/aromatic N) is 1. The van der Waals surface area contributed by atoms with E-state index in [1.165, 1.54) is 35.5 Å². The highest BCUT2D eigenvalue weighted by Gasteiger charge is 2.32. The van der Waals surface area contributed by atoms with Gasteiger partial charge in [-0.25, -0.2) is 8.42 Å². The van der Waals surface area contributed by atoms with Gasteiger partial charge >= 0.3 is 0 Å². The lowest BCUT2D eigenvalue weighted by Gasteiger charge is -2.30. The van der Waals surface area contributed by atoms with Gasteiger partial charge in [-0.05, 0) is 45.9 Å². The van der Waals surface area contributed by atoms with Crippen molar-refractivity contribution in [2.75, 3.05) is 26.7 Å². The van der Waals surface area contributed by atoms with E-state index in [9.17, 15) is 18.0 Å². The number of piperidine rings is 1. The summed E-state index contributed by atoms with van der Waals surface area (Å²) in [6.45, 7) is 4.60. The summed E-state index contributed by atoms with van der Waals surface area (Å²) in [6.07, 6.45) is 1.01. The van der Waals surface area contributed by atoms with Crippen LogP contribution in [-0.2, 0) is 14.8 Å². The maximum atomic E-state index is 12.7. The lowest BCUT2D eigenvalue weighted by Crippen LogP contribution is -2.45. The van der Waals surface area contributed by atoms with Crippen LogP contribution >= 0.6 is 12.4 Å². The Bertz CT molecular complexity index is 744. The van der Waals surface area contributed by atoms with Crippen LogP contribution in [0.1, 0.15) is 37.0 Å². The first-order chi connectivity index (χ1) is 12.3. The van der Waals surface area contributed by atoms with E-state index in [0.717, 1.165) is 0 Å². The van der Waals surface area contributed by atoms with Gasteiger partial charge in [0.1, 0.15) is 0 Å². The highest BCUT2D eigenvalue weighted by molar-refractivity contribution is 7.89. The average molecular weight is 418 g/mol. The van der Waals surface area contributed by atoms with Crippen LogP contribution in [0.3, 0.4) is 0 Å². The number of hydrogen-bond donors (Lipinski definition) is 2. The molecule has 0 aromatic heterocycles. The Morgan fingerprint density at radius 2 is 1.74 bits per heavy atom. The Morgan fingerprint density at radius 3 is 2.22 bits per heavy atom.